The second-order valence-electron chi connectivity index (χ2n) is 8.69. The minimum absolute atomic E-state index is 0.0458. The summed E-state index contributed by atoms with van der Waals surface area (Å²) in [5, 5.41) is 20.7. The Morgan fingerprint density at radius 1 is 0.808 bits per heavy atom. The number of likely N-dealkylation sites (N-methyl/N-ethyl adjacent to an activating group) is 1. The molecule has 156 valence electrons. The molecule has 0 heterocycles. The molecule has 0 aliphatic rings. The van der Waals surface area contributed by atoms with E-state index in [1.807, 2.05) is 14.1 Å². The van der Waals surface area contributed by atoms with E-state index in [1.165, 1.54) is 83.5 Å². The van der Waals surface area contributed by atoms with Gasteiger partial charge < -0.3 is 19.5 Å². The average Bonchev–Trinajstić information content (AvgIpc) is 2.53. The van der Waals surface area contributed by atoms with E-state index in [4.69, 9.17) is 0 Å². The Hall–Kier alpha value is -0.610. The summed E-state index contributed by atoms with van der Waals surface area (Å²) in [7, 11) is 3.65. The Balaban J connectivity index is 3.34. The van der Waals surface area contributed by atoms with Crippen LogP contribution in [0.5, 0.6) is 0 Å². The number of aliphatic hydroxyl groups excluding tert-OH is 1. The van der Waals surface area contributed by atoms with Crippen LogP contribution in [0.3, 0.4) is 0 Å². The molecule has 0 radical (unpaired) electrons. The molecule has 0 saturated carbocycles. The van der Waals surface area contributed by atoms with E-state index in [2.05, 4.69) is 6.92 Å². The van der Waals surface area contributed by atoms with Gasteiger partial charge in [-0.2, -0.15) is 0 Å². The summed E-state index contributed by atoms with van der Waals surface area (Å²) in [5.74, 6) is -1.06. The van der Waals surface area contributed by atoms with Crippen molar-refractivity contribution < 1.29 is 19.5 Å². The molecule has 26 heavy (non-hydrogen) atoms. The van der Waals surface area contributed by atoms with Crippen molar-refractivity contribution in [3.05, 3.63) is 0 Å². The molecular weight excluding hydrogens is 326 g/mol. The molecule has 0 rings (SSSR count). The number of hydrogen-bond acceptors (Lipinski definition) is 3. The first-order valence-electron chi connectivity index (χ1n) is 11.1. The number of carboxylic acid groups (broad SMARTS) is 1. The van der Waals surface area contributed by atoms with Crippen LogP contribution >= 0.6 is 0 Å². The van der Waals surface area contributed by atoms with E-state index in [-0.39, 0.29) is 11.0 Å². The average molecular weight is 372 g/mol. The summed E-state index contributed by atoms with van der Waals surface area (Å²) in [6.07, 6.45) is 19.0. The molecule has 0 aromatic rings. The molecule has 0 spiro atoms. The monoisotopic (exact) mass is 371 g/mol. The van der Waals surface area contributed by atoms with Crippen LogP contribution in [0.4, 0.5) is 0 Å². The summed E-state index contributed by atoms with van der Waals surface area (Å²) in [4.78, 5) is 10.7. The van der Waals surface area contributed by atoms with Gasteiger partial charge in [-0.05, 0) is 6.42 Å². The lowest BCUT2D eigenvalue weighted by atomic mass is 10.0. The van der Waals surface area contributed by atoms with Crippen molar-refractivity contribution in [2.45, 2.75) is 109 Å². The Morgan fingerprint density at radius 3 is 1.58 bits per heavy atom. The first-order chi connectivity index (χ1) is 12.4. The molecule has 0 saturated heterocycles. The maximum Gasteiger partial charge on any atom is 0.119 e. The maximum atomic E-state index is 10.7. The van der Waals surface area contributed by atoms with Gasteiger partial charge in [0.05, 0.1) is 20.1 Å². The number of unbranched alkanes of at least 4 members (excludes halogenated alkanes) is 13. The Morgan fingerprint density at radius 2 is 1.19 bits per heavy atom. The molecule has 0 fully saturated rings. The highest BCUT2D eigenvalue weighted by Crippen LogP contribution is 2.14. The number of carbonyl (C=O) groups is 1. The second-order valence-corrected chi connectivity index (χ2v) is 8.69. The molecule has 1 unspecified atom stereocenters. The van der Waals surface area contributed by atoms with Crippen LogP contribution in [0.2, 0.25) is 0 Å². The van der Waals surface area contributed by atoms with Crippen molar-refractivity contribution in [1.82, 2.24) is 0 Å². The van der Waals surface area contributed by atoms with E-state index in [9.17, 15) is 15.0 Å². The normalized spacial score (nSPS) is 13.1. The first-order valence-corrected chi connectivity index (χ1v) is 11.1. The third-order valence-corrected chi connectivity index (χ3v) is 5.15. The fourth-order valence-corrected chi connectivity index (χ4v) is 3.65. The highest BCUT2D eigenvalue weighted by atomic mass is 16.4. The molecule has 4 nitrogen and oxygen atoms in total. The summed E-state index contributed by atoms with van der Waals surface area (Å²) < 4.78 is 0.280. The summed E-state index contributed by atoms with van der Waals surface area (Å²) in [5.41, 5.74) is 0. The molecule has 0 aromatic heterocycles. The van der Waals surface area contributed by atoms with Gasteiger partial charge in [-0.25, -0.2) is 0 Å². The summed E-state index contributed by atoms with van der Waals surface area (Å²) in [6.45, 7) is 2.70. The van der Waals surface area contributed by atoms with E-state index < -0.39 is 12.1 Å². The van der Waals surface area contributed by atoms with Gasteiger partial charge in [0.2, 0.25) is 0 Å². The quantitative estimate of drug-likeness (QED) is 0.275. The van der Waals surface area contributed by atoms with Gasteiger partial charge in [0.15, 0.2) is 0 Å². The van der Waals surface area contributed by atoms with E-state index >= 15 is 0 Å². The van der Waals surface area contributed by atoms with Gasteiger partial charge in [0.25, 0.3) is 0 Å². The van der Waals surface area contributed by atoms with E-state index in [1.54, 1.807) is 0 Å². The van der Waals surface area contributed by atoms with Crippen molar-refractivity contribution >= 4 is 5.97 Å². The van der Waals surface area contributed by atoms with Gasteiger partial charge in [0, 0.05) is 0 Å². The molecular formula is C22H45NO3. The lowest BCUT2D eigenvalue weighted by Gasteiger charge is -2.32. The highest BCUT2D eigenvalue weighted by Gasteiger charge is 2.20. The number of quaternary nitrogens is 1. The number of nitrogens with zero attached hydrogens (tertiary/aromatic N) is 1. The first kappa shape index (κ1) is 25.4. The molecule has 0 aliphatic heterocycles. The lowest BCUT2D eigenvalue weighted by Crippen LogP contribution is -2.51. The SMILES string of the molecule is CCCCCCCCCCCCCCCCC(O)C[N+](C)(C)CC(=O)[O-]. The van der Waals surface area contributed by atoms with Crippen molar-refractivity contribution in [2.75, 3.05) is 27.2 Å². The molecule has 0 aliphatic carbocycles. The van der Waals surface area contributed by atoms with Crippen molar-refractivity contribution in [3.63, 3.8) is 0 Å². The zero-order valence-electron chi connectivity index (χ0n) is 17.8. The van der Waals surface area contributed by atoms with E-state index in [0.29, 0.717) is 6.54 Å². The van der Waals surface area contributed by atoms with Crippen LogP contribution in [0, 0.1) is 0 Å². The van der Waals surface area contributed by atoms with Crippen LogP contribution in [0.1, 0.15) is 103 Å². The zero-order chi connectivity index (χ0) is 19.7. The second kappa shape index (κ2) is 16.6. The largest absolute Gasteiger partial charge is 0.544 e. The number of aliphatic carboxylic acids is 1. The number of carboxylic acids is 1. The fourth-order valence-electron chi connectivity index (χ4n) is 3.65. The van der Waals surface area contributed by atoms with Crippen molar-refractivity contribution in [3.8, 4) is 0 Å². The van der Waals surface area contributed by atoms with Gasteiger partial charge in [-0.1, -0.05) is 96.8 Å². The molecule has 0 bridgehead atoms. The number of hydrogen-bond donors (Lipinski definition) is 1. The lowest BCUT2D eigenvalue weighted by molar-refractivity contribution is -0.887. The molecule has 0 aromatic carbocycles. The van der Waals surface area contributed by atoms with Gasteiger partial charge in [-0.15, -0.1) is 0 Å². The van der Waals surface area contributed by atoms with Gasteiger partial charge in [-0.3, -0.25) is 0 Å². The number of carbonyl (C=O) groups excluding carboxylic acids is 1. The standard InChI is InChI=1S/C22H45NO3/c1-4-5-6-7-8-9-10-11-12-13-14-15-16-17-18-21(24)19-23(2,3)20-22(25)26/h21,24H,4-20H2,1-3H3. The van der Waals surface area contributed by atoms with Gasteiger partial charge in [0.1, 0.15) is 19.2 Å². The molecule has 1 N–H and O–H groups in total. The highest BCUT2D eigenvalue weighted by molar-refractivity contribution is 5.65. The molecule has 0 amide bonds. The van der Waals surface area contributed by atoms with Crippen LogP contribution in [0.15, 0.2) is 0 Å². The topological polar surface area (TPSA) is 60.4 Å². The van der Waals surface area contributed by atoms with Crippen molar-refractivity contribution in [1.29, 1.82) is 0 Å². The minimum atomic E-state index is -1.06. The Kier molecular flexibility index (Phi) is 16.2. The third-order valence-electron chi connectivity index (χ3n) is 5.15. The smallest absolute Gasteiger partial charge is 0.119 e. The van der Waals surface area contributed by atoms with E-state index in [0.717, 1.165) is 12.8 Å². The zero-order valence-corrected chi connectivity index (χ0v) is 17.8. The molecule has 4 heteroatoms. The summed E-state index contributed by atoms with van der Waals surface area (Å²) in [6, 6.07) is 0. The Labute approximate surface area is 162 Å². The van der Waals surface area contributed by atoms with Crippen molar-refractivity contribution in [2.24, 2.45) is 0 Å². The van der Waals surface area contributed by atoms with Gasteiger partial charge >= 0.3 is 0 Å². The van der Waals surface area contributed by atoms with Crippen LogP contribution < -0.4 is 5.11 Å². The third kappa shape index (κ3) is 18.2. The minimum Gasteiger partial charge on any atom is -0.544 e. The van der Waals surface area contributed by atoms with Crippen LogP contribution in [-0.4, -0.2) is 48.8 Å². The molecule has 1 atom stereocenters. The van der Waals surface area contributed by atoms with Crippen LogP contribution in [0.25, 0.3) is 0 Å². The fraction of sp³-hybridized carbons (Fsp3) is 0.955. The maximum absolute atomic E-state index is 10.7. The predicted molar refractivity (Wildman–Crippen MR) is 108 cm³/mol. The number of rotatable bonds is 19. The Bertz CT molecular complexity index is 331. The number of aliphatic hydroxyl groups is 1. The summed E-state index contributed by atoms with van der Waals surface area (Å²) >= 11 is 0. The predicted octanol–water partition coefficient (Wildman–Crippen LogP) is 4.05. The van der Waals surface area contributed by atoms with Crippen LogP contribution in [-0.2, 0) is 4.79 Å².